The van der Waals surface area contributed by atoms with Crippen LogP contribution in [-0.4, -0.2) is 14.7 Å². The van der Waals surface area contributed by atoms with E-state index in [4.69, 9.17) is 4.74 Å². The summed E-state index contributed by atoms with van der Waals surface area (Å²) < 4.78 is 5.54. The van der Waals surface area contributed by atoms with E-state index in [-0.39, 0.29) is 0 Å². The van der Waals surface area contributed by atoms with E-state index in [1.807, 2.05) is 30.3 Å². The van der Waals surface area contributed by atoms with E-state index < -0.39 is 8.07 Å². The molecule has 0 saturated heterocycles. The van der Waals surface area contributed by atoms with Crippen molar-refractivity contribution in [2.75, 3.05) is 6.61 Å². The van der Waals surface area contributed by atoms with Crippen LogP contribution in [0.3, 0.4) is 0 Å². The van der Waals surface area contributed by atoms with E-state index in [0.717, 1.165) is 5.75 Å². The van der Waals surface area contributed by atoms with E-state index in [9.17, 15) is 0 Å². The maximum absolute atomic E-state index is 5.54. The smallest absolute Gasteiger partial charge is 0.119 e. The van der Waals surface area contributed by atoms with E-state index in [0.29, 0.717) is 6.61 Å². The van der Waals surface area contributed by atoms with Gasteiger partial charge in [-0.15, -0.1) is 0 Å². The van der Waals surface area contributed by atoms with Gasteiger partial charge in [-0.05, 0) is 12.1 Å². The van der Waals surface area contributed by atoms with Crippen LogP contribution in [-0.2, 0) is 0 Å². The molecule has 0 atom stereocenters. The first-order valence-corrected chi connectivity index (χ1v) is 8.51. The molecule has 0 heterocycles. The van der Waals surface area contributed by atoms with Crippen LogP contribution in [0.5, 0.6) is 5.75 Å². The summed E-state index contributed by atoms with van der Waals surface area (Å²) in [5.41, 5.74) is 2.30. The topological polar surface area (TPSA) is 9.23 Å². The zero-order chi connectivity index (χ0) is 10.4. The fraction of sp³-hybridized carbons (Fsp3) is 0.333. The van der Waals surface area contributed by atoms with Gasteiger partial charge in [-0.2, -0.15) is 0 Å². The molecule has 0 fully saturated rings. The van der Waals surface area contributed by atoms with Crippen LogP contribution in [0.25, 0.3) is 0 Å². The summed E-state index contributed by atoms with van der Waals surface area (Å²) in [5.74, 6) is 0.938. The molecule has 2 heteroatoms. The van der Waals surface area contributed by atoms with Crippen molar-refractivity contribution in [3.8, 4) is 5.75 Å². The zero-order valence-electron chi connectivity index (χ0n) is 9.16. The molecule has 1 aromatic carbocycles. The number of rotatable bonds is 4. The Bertz CT molecular complexity index is 285. The molecular weight excluding hydrogens is 188 g/mol. The molecule has 1 nitrogen and oxygen atoms in total. The van der Waals surface area contributed by atoms with Crippen LogP contribution in [0.4, 0.5) is 0 Å². The number of ether oxygens (including phenoxy) is 1. The van der Waals surface area contributed by atoms with Crippen LogP contribution in [0.2, 0.25) is 19.6 Å². The predicted octanol–water partition coefficient (Wildman–Crippen LogP) is 3.50. The molecule has 0 bridgehead atoms. The maximum atomic E-state index is 5.54. The summed E-state index contributed by atoms with van der Waals surface area (Å²) in [4.78, 5) is 0. The lowest BCUT2D eigenvalue weighted by molar-refractivity contribution is 0.363. The van der Waals surface area contributed by atoms with E-state index in [1.165, 1.54) is 0 Å². The highest BCUT2D eigenvalue weighted by Crippen LogP contribution is 2.08. The molecular formula is C12H18OSi. The first-order valence-electron chi connectivity index (χ1n) is 4.93. The Balaban J connectivity index is 2.33. The molecule has 0 unspecified atom stereocenters. The molecule has 0 aromatic heterocycles. The lowest BCUT2D eigenvalue weighted by Crippen LogP contribution is -2.15. The van der Waals surface area contributed by atoms with Crippen molar-refractivity contribution < 1.29 is 4.74 Å². The molecule has 0 N–H and O–H groups in total. The third-order valence-electron chi connectivity index (χ3n) is 1.71. The minimum Gasteiger partial charge on any atom is -0.490 e. The second-order valence-electron chi connectivity index (χ2n) is 4.39. The number of benzene rings is 1. The molecule has 76 valence electrons. The second-order valence-corrected chi connectivity index (χ2v) is 9.46. The van der Waals surface area contributed by atoms with Gasteiger partial charge in [0.1, 0.15) is 12.4 Å². The third kappa shape index (κ3) is 4.87. The van der Waals surface area contributed by atoms with Crippen molar-refractivity contribution in [2.45, 2.75) is 19.6 Å². The molecule has 0 radical (unpaired) electrons. The molecule has 0 aliphatic carbocycles. The summed E-state index contributed by atoms with van der Waals surface area (Å²) >= 11 is 0. The first-order chi connectivity index (χ1) is 6.58. The van der Waals surface area contributed by atoms with Gasteiger partial charge in [-0.1, -0.05) is 49.6 Å². The SMILES string of the molecule is C[Si](C)(C)/C=C/COc1ccccc1. The van der Waals surface area contributed by atoms with Crippen LogP contribution in [0, 0.1) is 0 Å². The highest BCUT2D eigenvalue weighted by molar-refractivity contribution is 6.80. The number of hydrogen-bond acceptors (Lipinski definition) is 1. The largest absolute Gasteiger partial charge is 0.490 e. The molecule has 0 spiro atoms. The van der Waals surface area contributed by atoms with Gasteiger partial charge >= 0.3 is 0 Å². The van der Waals surface area contributed by atoms with E-state index in [1.54, 1.807) is 0 Å². The summed E-state index contributed by atoms with van der Waals surface area (Å²) in [5, 5.41) is 0. The van der Waals surface area contributed by atoms with Gasteiger partial charge in [0.2, 0.25) is 0 Å². The Morgan fingerprint density at radius 2 is 1.79 bits per heavy atom. The van der Waals surface area contributed by atoms with Crippen molar-refractivity contribution >= 4 is 8.07 Å². The maximum Gasteiger partial charge on any atom is 0.119 e. The monoisotopic (exact) mass is 206 g/mol. The van der Waals surface area contributed by atoms with Crippen molar-refractivity contribution in [3.63, 3.8) is 0 Å². The van der Waals surface area contributed by atoms with Crippen molar-refractivity contribution in [1.29, 1.82) is 0 Å². The first kappa shape index (κ1) is 11.1. The normalized spacial score (nSPS) is 11.9. The quantitative estimate of drug-likeness (QED) is 0.685. The third-order valence-corrected chi connectivity index (χ3v) is 2.94. The lowest BCUT2D eigenvalue weighted by atomic mass is 10.3. The fourth-order valence-corrected chi connectivity index (χ4v) is 1.87. The molecule has 0 amide bonds. The molecule has 0 aliphatic rings. The van der Waals surface area contributed by atoms with Gasteiger partial charge in [0.15, 0.2) is 0 Å². The molecule has 0 saturated carbocycles. The van der Waals surface area contributed by atoms with Crippen molar-refractivity contribution in [1.82, 2.24) is 0 Å². The van der Waals surface area contributed by atoms with Gasteiger partial charge in [0.05, 0.1) is 8.07 Å². The lowest BCUT2D eigenvalue weighted by Gasteiger charge is -2.08. The molecule has 0 aliphatic heterocycles. The van der Waals surface area contributed by atoms with Crippen LogP contribution in [0.15, 0.2) is 42.1 Å². The van der Waals surface area contributed by atoms with Crippen molar-refractivity contribution in [3.05, 3.63) is 42.1 Å². The van der Waals surface area contributed by atoms with Crippen LogP contribution in [0.1, 0.15) is 0 Å². The molecule has 14 heavy (non-hydrogen) atoms. The molecule has 1 aromatic rings. The Labute approximate surface area is 87.4 Å². The minimum absolute atomic E-state index is 0.675. The summed E-state index contributed by atoms with van der Waals surface area (Å²) in [6, 6.07) is 9.91. The van der Waals surface area contributed by atoms with Gasteiger partial charge in [0.25, 0.3) is 0 Å². The average molecular weight is 206 g/mol. The number of hydrogen-bond donors (Lipinski definition) is 0. The predicted molar refractivity (Wildman–Crippen MR) is 64.4 cm³/mol. The fourth-order valence-electron chi connectivity index (χ4n) is 1.06. The Kier molecular flexibility index (Phi) is 3.95. The van der Waals surface area contributed by atoms with Gasteiger partial charge < -0.3 is 4.74 Å². The Hall–Kier alpha value is -1.02. The second kappa shape index (κ2) is 5.01. The average Bonchev–Trinajstić information content (AvgIpc) is 2.13. The van der Waals surface area contributed by atoms with Gasteiger partial charge in [0, 0.05) is 0 Å². The highest BCUT2D eigenvalue weighted by atomic mass is 28.3. The van der Waals surface area contributed by atoms with Gasteiger partial charge in [-0.25, -0.2) is 0 Å². The van der Waals surface area contributed by atoms with Gasteiger partial charge in [-0.3, -0.25) is 0 Å². The van der Waals surface area contributed by atoms with E-state index >= 15 is 0 Å². The summed E-state index contributed by atoms with van der Waals surface area (Å²) in [7, 11) is -1.06. The van der Waals surface area contributed by atoms with Crippen LogP contribution >= 0.6 is 0 Å². The summed E-state index contributed by atoms with van der Waals surface area (Å²) in [6.07, 6.45) is 2.12. The zero-order valence-corrected chi connectivity index (χ0v) is 10.2. The minimum atomic E-state index is -1.06. The van der Waals surface area contributed by atoms with E-state index in [2.05, 4.69) is 31.4 Å². The van der Waals surface area contributed by atoms with Crippen LogP contribution < -0.4 is 4.74 Å². The number of para-hydroxylation sites is 1. The Morgan fingerprint density at radius 3 is 2.36 bits per heavy atom. The molecule has 1 rings (SSSR count). The summed E-state index contributed by atoms with van der Waals surface area (Å²) in [6.45, 7) is 7.61. The highest BCUT2D eigenvalue weighted by Gasteiger charge is 2.05. The van der Waals surface area contributed by atoms with Crippen molar-refractivity contribution in [2.24, 2.45) is 0 Å². The standard InChI is InChI=1S/C12H18OSi/c1-14(2,3)11-7-10-13-12-8-5-4-6-9-12/h4-9,11H,10H2,1-3H3/b11-7+. The Morgan fingerprint density at radius 1 is 1.14 bits per heavy atom.